The van der Waals surface area contributed by atoms with Crippen molar-refractivity contribution >= 4 is 17.3 Å². The van der Waals surface area contributed by atoms with Gasteiger partial charge in [0.1, 0.15) is 18.2 Å². The van der Waals surface area contributed by atoms with Gasteiger partial charge in [-0.3, -0.25) is 9.47 Å². The normalized spacial score (nSPS) is 14.5. The number of aromatic nitrogens is 3. The molecule has 0 spiro atoms. The minimum absolute atomic E-state index is 0.0470. The van der Waals surface area contributed by atoms with Gasteiger partial charge in [-0.1, -0.05) is 42.8 Å². The zero-order chi connectivity index (χ0) is 23.0. The highest BCUT2D eigenvalue weighted by Crippen LogP contribution is 2.20. The van der Waals surface area contributed by atoms with Crippen LogP contribution in [-0.4, -0.2) is 58.6 Å². The quantitative estimate of drug-likeness (QED) is 0.454. The predicted molar refractivity (Wildman–Crippen MR) is 133 cm³/mol. The molecule has 0 radical (unpaired) electrons. The molecule has 1 saturated heterocycles. The van der Waals surface area contributed by atoms with Gasteiger partial charge in [0.2, 0.25) is 0 Å². The van der Waals surface area contributed by atoms with E-state index in [2.05, 4.69) is 21.0 Å². The van der Waals surface area contributed by atoms with Crippen LogP contribution in [0.3, 0.4) is 0 Å². The molecule has 2 heterocycles. The summed E-state index contributed by atoms with van der Waals surface area (Å²) in [4.78, 5) is 17.7. The number of hydrogen-bond donors (Lipinski definition) is 0. The van der Waals surface area contributed by atoms with Crippen LogP contribution < -0.4 is 15.3 Å². The lowest BCUT2D eigenvalue weighted by Gasteiger charge is -2.36. The molecule has 1 fully saturated rings. The third-order valence-electron chi connectivity index (χ3n) is 6.03. The van der Waals surface area contributed by atoms with Crippen molar-refractivity contribution in [2.45, 2.75) is 32.9 Å². The molecular formula is C25H32ClN5O2. The Labute approximate surface area is 200 Å². The fourth-order valence-corrected chi connectivity index (χ4v) is 4.42. The van der Waals surface area contributed by atoms with E-state index >= 15 is 0 Å². The molecule has 1 aliphatic heterocycles. The van der Waals surface area contributed by atoms with Gasteiger partial charge in [0, 0.05) is 49.9 Å². The minimum atomic E-state index is -0.0470. The fraction of sp³-hybridized carbons (Fsp3) is 0.440. The summed E-state index contributed by atoms with van der Waals surface area (Å²) in [6.07, 6.45) is 1.66. The summed E-state index contributed by atoms with van der Waals surface area (Å²) in [5.74, 6) is 1.64. The van der Waals surface area contributed by atoms with Crippen molar-refractivity contribution in [2.24, 2.45) is 0 Å². The predicted octanol–water partition coefficient (Wildman–Crippen LogP) is 3.55. The highest BCUT2D eigenvalue weighted by molar-refractivity contribution is 6.30. The molecule has 0 unspecified atom stereocenters. The summed E-state index contributed by atoms with van der Waals surface area (Å²) < 4.78 is 9.09. The van der Waals surface area contributed by atoms with Gasteiger partial charge in [-0.05, 0) is 43.3 Å². The lowest BCUT2D eigenvalue weighted by molar-refractivity contribution is 0.249. The van der Waals surface area contributed by atoms with Crippen LogP contribution >= 0.6 is 11.6 Å². The third kappa shape index (κ3) is 6.18. The summed E-state index contributed by atoms with van der Waals surface area (Å²) >= 11 is 6.14. The Morgan fingerprint density at radius 2 is 1.76 bits per heavy atom. The lowest BCUT2D eigenvalue weighted by atomic mass is 10.2. The summed E-state index contributed by atoms with van der Waals surface area (Å²) in [5.41, 5.74) is 1.14. The highest BCUT2D eigenvalue weighted by atomic mass is 35.5. The average molecular weight is 470 g/mol. The van der Waals surface area contributed by atoms with E-state index in [4.69, 9.17) is 16.3 Å². The first-order valence-corrected chi connectivity index (χ1v) is 12.1. The summed E-state index contributed by atoms with van der Waals surface area (Å²) in [6, 6.07) is 17.7. The van der Waals surface area contributed by atoms with E-state index in [1.165, 1.54) is 10.4 Å². The molecule has 0 atom stereocenters. The maximum Gasteiger partial charge on any atom is 0.346 e. The summed E-state index contributed by atoms with van der Waals surface area (Å²) in [6.45, 7) is 8.56. The second kappa shape index (κ2) is 11.4. The number of piperazine rings is 1. The van der Waals surface area contributed by atoms with Crippen molar-refractivity contribution in [3.05, 3.63) is 75.9 Å². The molecule has 0 aliphatic carbocycles. The zero-order valence-corrected chi connectivity index (χ0v) is 20.0. The highest BCUT2D eigenvalue weighted by Gasteiger charge is 2.18. The molecule has 0 saturated carbocycles. The van der Waals surface area contributed by atoms with Crippen molar-refractivity contribution < 1.29 is 4.74 Å². The molecule has 7 nitrogen and oxygen atoms in total. The van der Waals surface area contributed by atoms with Crippen molar-refractivity contribution in [3.8, 4) is 5.75 Å². The number of hydrogen-bond acceptors (Lipinski definition) is 5. The molecule has 0 amide bonds. The summed E-state index contributed by atoms with van der Waals surface area (Å²) in [7, 11) is 0. The van der Waals surface area contributed by atoms with E-state index in [0.717, 1.165) is 62.2 Å². The van der Waals surface area contributed by atoms with Crippen LogP contribution in [-0.2, 0) is 19.5 Å². The largest absolute Gasteiger partial charge is 0.492 e. The van der Waals surface area contributed by atoms with Crippen LogP contribution in [0.25, 0.3) is 0 Å². The molecule has 4 rings (SSSR count). The molecule has 0 bridgehead atoms. The van der Waals surface area contributed by atoms with Gasteiger partial charge in [0.15, 0.2) is 0 Å². The number of ether oxygens (including phenoxy) is 1. The van der Waals surface area contributed by atoms with Gasteiger partial charge in [-0.25, -0.2) is 9.48 Å². The number of benzene rings is 2. The van der Waals surface area contributed by atoms with Gasteiger partial charge >= 0.3 is 5.69 Å². The monoisotopic (exact) mass is 469 g/mol. The molecule has 1 aromatic heterocycles. The summed E-state index contributed by atoms with van der Waals surface area (Å²) in [5, 5.41) is 5.31. The molecule has 8 heteroatoms. The molecule has 1 aliphatic rings. The topological polar surface area (TPSA) is 55.5 Å². The first-order valence-electron chi connectivity index (χ1n) is 11.7. The lowest BCUT2D eigenvalue weighted by Crippen LogP contribution is -2.46. The molecular weight excluding hydrogens is 438 g/mol. The Balaban J connectivity index is 1.25. The van der Waals surface area contributed by atoms with Gasteiger partial charge in [0.05, 0.1) is 6.54 Å². The van der Waals surface area contributed by atoms with Crippen LogP contribution in [0.2, 0.25) is 5.02 Å². The maximum absolute atomic E-state index is 12.9. The van der Waals surface area contributed by atoms with Crippen LogP contribution in [0.4, 0.5) is 5.69 Å². The fourth-order valence-electron chi connectivity index (χ4n) is 4.24. The van der Waals surface area contributed by atoms with E-state index in [1.807, 2.05) is 60.0 Å². The number of halogens is 1. The molecule has 176 valence electrons. The van der Waals surface area contributed by atoms with Crippen LogP contribution in [0.1, 0.15) is 19.2 Å². The van der Waals surface area contributed by atoms with E-state index in [9.17, 15) is 4.79 Å². The number of nitrogens with zero attached hydrogens (tertiary/aromatic N) is 5. The van der Waals surface area contributed by atoms with Gasteiger partial charge in [0.25, 0.3) is 0 Å². The van der Waals surface area contributed by atoms with E-state index in [0.29, 0.717) is 19.7 Å². The Hall–Kier alpha value is -2.77. The Kier molecular flexibility index (Phi) is 8.07. The molecule has 2 aromatic carbocycles. The minimum Gasteiger partial charge on any atom is -0.492 e. The first kappa shape index (κ1) is 23.4. The molecule has 3 aromatic rings. The van der Waals surface area contributed by atoms with Crippen LogP contribution in [0.5, 0.6) is 5.75 Å². The van der Waals surface area contributed by atoms with Crippen LogP contribution in [0, 0.1) is 0 Å². The third-order valence-corrected chi connectivity index (χ3v) is 6.27. The smallest absolute Gasteiger partial charge is 0.346 e. The number of aryl methyl sites for hydroxylation is 1. The number of para-hydroxylation sites is 1. The molecule has 0 N–H and O–H groups in total. The second-order valence-electron chi connectivity index (χ2n) is 8.25. The van der Waals surface area contributed by atoms with E-state index in [-0.39, 0.29) is 5.69 Å². The van der Waals surface area contributed by atoms with E-state index in [1.54, 1.807) is 0 Å². The van der Waals surface area contributed by atoms with Gasteiger partial charge in [-0.15, -0.1) is 0 Å². The first-order chi connectivity index (χ1) is 16.1. The van der Waals surface area contributed by atoms with Crippen molar-refractivity contribution in [3.63, 3.8) is 0 Å². The molecule has 33 heavy (non-hydrogen) atoms. The Morgan fingerprint density at radius 3 is 2.48 bits per heavy atom. The van der Waals surface area contributed by atoms with Gasteiger partial charge < -0.3 is 9.64 Å². The number of rotatable bonds is 10. The van der Waals surface area contributed by atoms with Crippen LogP contribution in [0.15, 0.2) is 59.4 Å². The van der Waals surface area contributed by atoms with Crippen molar-refractivity contribution in [2.75, 3.05) is 44.2 Å². The van der Waals surface area contributed by atoms with Gasteiger partial charge in [-0.2, -0.15) is 5.10 Å². The Bertz CT molecular complexity index is 1070. The zero-order valence-electron chi connectivity index (χ0n) is 19.2. The number of anilines is 1. The standard InChI is InChI=1S/C25H32ClN5O2/c1-2-24-27-31(18-19-33-23-10-4-3-5-11-23)25(32)30(24)13-7-12-28-14-16-29(17-15-28)22-9-6-8-21(26)20-22/h3-6,8-11,20H,2,7,12-19H2,1H3. The van der Waals surface area contributed by atoms with Crippen molar-refractivity contribution in [1.29, 1.82) is 0 Å². The SMILES string of the molecule is CCc1nn(CCOc2ccccc2)c(=O)n1CCCN1CCN(c2cccc(Cl)c2)CC1. The maximum atomic E-state index is 12.9. The second-order valence-corrected chi connectivity index (χ2v) is 8.69. The van der Waals surface area contributed by atoms with E-state index < -0.39 is 0 Å². The Morgan fingerprint density at radius 1 is 0.970 bits per heavy atom. The average Bonchev–Trinajstić information content (AvgIpc) is 3.15. The van der Waals surface area contributed by atoms with Crippen molar-refractivity contribution in [1.82, 2.24) is 19.2 Å².